The van der Waals surface area contributed by atoms with Gasteiger partial charge in [-0.25, -0.2) is 9.97 Å². The zero-order valence-corrected chi connectivity index (χ0v) is 14.4. The molecule has 0 radical (unpaired) electrons. The summed E-state index contributed by atoms with van der Waals surface area (Å²) in [6.07, 6.45) is 5.04. The normalized spacial score (nSPS) is 12.0. The summed E-state index contributed by atoms with van der Waals surface area (Å²) in [7, 11) is 0. The van der Waals surface area contributed by atoms with Crippen molar-refractivity contribution in [1.82, 2.24) is 15.0 Å². The molecule has 0 bridgehead atoms. The van der Waals surface area contributed by atoms with Crippen LogP contribution in [0.4, 0.5) is 11.5 Å². The van der Waals surface area contributed by atoms with Gasteiger partial charge in [-0.1, -0.05) is 36.4 Å². The summed E-state index contributed by atoms with van der Waals surface area (Å²) in [5.74, 6) is 0.810. The van der Waals surface area contributed by atoms with E-state index in [9.17, 15) is 0 Å². The number of nitrogens with zero attached hydrogens (tertiary/aromatic N) is 3. The summed E-state index contributed by atoms with van der Waals surface area (Å²) < 4.78 is 0. The Morgan fingerprint density at radius 3 is 2.58 bits per heavy atom. The maximum atomic E-state index is 5.87. The SMILES string of the molecule is CC(Nc1ncnc2ccc(-c3cncc(N)c3)cc12)c1ccccc1. The molecule has 2 aromatic heterocycles. The van der Waals surface area contributed by atoms with Gasteiger partial charge >= 0.3 is 0 Å². The molecule has 128 valence electrons. The van der Waals surface area contributed by atoms with E-state index < -0.39 is 0 Å². The van der Waals surface area contributed by atoms with Gasteiger partial charge in [0, 0.05) is 29.4 Å². The molecule has 0 aliphatic heterocycles. The molecule has 2 aromatic carbocycles. The number of hydrogen-bond acceptors (Lipinski definition) is 5. The number of nitrogen functional groups attached to an aromatic ring is 1. The smallest absolute Gasteiger partial charge is 0.137 e. The fraction of sp³-hybridized carbons (Fsp3) is 0.0952. The molecule has 0 aliphatic carbocycles. The first kappa shape index (κ1) is 16.0. The standard InChI is InChI=1S/C21H19N5/c1-14(15-5-3-2-4-6-15)26-21-19-10-16(7-8-20(19)24-13-25-21)17-9-18(22)12-23-11-17/h2-14H,22H2,1H3,(H,24,25,26). The van der Waals surface area contributed by atoms with Gasteiger partial charge in [-0.3, -0.25) is 4.98 Å². The van der Waals surface area contributed by atoms with Crippen LogP contribution in [0.1, 0.15) is 18.5 Å². The van der Waals surface area contributed by atoms with Gasteiger partial charge in [-0.15, -0.1) is 0 Å². The van der Waals surface area contributed by atoms with Crippen LogP contribution >= 0.6 is 0 Å². The maximum absolute atomic E-state index is 5.87. The molecule has 5 nitrogen and oxygen atoms in total. The number of anilines is 2. The van der Waals surface area contributed by atoms with Crippen LogP contribution < -0.4 is 11.1 Å². The molecular weight excluding hydrogens is 322 g/mol. The number of aromatic nitrogens is 3. The predicted octanol–water partition coefficient (Wildman–Crippen LogP) is 4.45. The van der Waals surface area contributed by atoms with Crippen molar-refractivity contribution in [3.05, 3.63) is 78.9 Å². The molecule has 0 spiro atoms. The molecule has 1 atom stereocenters. The first-order chi connectivity index (χ1) is 12.7. The quantitative estimate of drug-likeness (QED) is 0.573. The third-order valence-electron chi connectivity index (χ3n) is 4.38. The van der Waals surface area contributed by atoms with Gasteiger partial charge in [-0.05, 0) is 36.2 Å². The molecule has 0 saturated heterocycles. The average Bonchev–Trinajstić information content (AvgIpc) is 2.68. The van der Waals surface area contributed by atoms with Gasteiger partial charge < -0.3 is 11.1 Å². The molecule has 5 heteroatoms. The second kappa shape index (κ2) is 6.80. The number of pyridine rings is 1. The van der Waals surface area contributed by atoms with E-state index in [1.807, 2.05) is 36.4 Å². The molecule has 0 fully saturated rings. The van der Waals surface area contributed by atoms with Crippen LogP contribution in [0.3, 0.4) is 0 Å². The third-order valence-corrected chi connectivity index (χ3v) is 4.38. The minimum absolute atomic E-state index is 0.131. The van der Waals surface area contributed by atoms with Crippen LogP contribution in [0, 0.1) is 0 Å². The van der Waals surface area contributed by atoms with Crippen molar-refractivity contribution < 1.29 is 0 Å². The average molecular weight is 341 g/mol. The van der Waals surface area contributed by atoms with Crippen LogP contribution in [0.15, 0.2) is 73.3 Å². The van der Waals surface area contributed by atoms with E-state index in [4.69, 9.17) is 5.73 Å². The van der Waals surface area contributed by atoms with Crippen LogP contribution in [0.5, 0.6) is 0 Å². The highest BCUT2D eigenvalue weighted by Crippen LogP contribution is 2.29. The van der Waals surface area contributed by atoms with Gasteiger partial charge in [0.05, 0.1) is 11.2 Å². The lowest BCUT2D eigenvalue weighted by molar-refractivity contribution is 0.876. The number of rotatable bonds is 4. The van der Waals surface area contributed by atoms with Gasteiger partial charge in [0.1, 0.15) is 12.1 Å². The Bertz CT molecular complexity index is 1050. The van der Waals surface area contributed by atoms with Crippen LogP contribution in [0.2, 0.25) is 0 Å². The summed E-state index contributed by atoms with van der Waals surface area (Å²) in [4.78, 5) is 13.0. The van der Waals surface area contributed by atoms with Gasteiger partial charge in [0.25, 0.3) is 0 Å². The monoisotopic (exact) mass is 341 g/mol. The van der Waals surface area contributed by atoms with Crippen LogP contribution in [-0.4, -0.2) is 15.0 Å². The lowest BCUT2D eigenvalue weighted by atomic mass is 10.0. The van der Waals surface area contributed by atoms with Crippen molar-refractivity contribution >= 4 is 22.4 Å². The predicted molar refractivity (Wildman–Crippen MR) is 106 cm³/mol. The summed E-state index contributed by atoms with van der Waals surface area (Å²) in [5, 5.41) is 4.47. The Morgan fingerprint density at radius 2 is 1.77 bits per heavy atom. The lowest BCUT2D eigenvalue weighted by Crippen LogP contribution is -2.08. The van der Waals surface area contributed by atoms with Crippen molar-refractivity contribution in [2.45, 2.75) is 13.0 Å². The van der Waals surface area contributed by atoms with E-state index in [0.717, 1.165) is 27.8 Å². The van der Waals surface area contributed by atoms with Crippen molar-refractivity contribution in [3.8, 4) is 11.1 Å². The Morgan fingerprint density at radius 1 is 0.923 bits per heavy atom. The third kappa shape index (κ3) is 3.19. The van der Waals surface area contributed by atoms with E-state index in [0.29, 0.717) is 5.69 Å². The molecule has 4 rings (SSSR count). The number of benzene rings is 2. The number of fused-ring (bicyclic) bond motifs is 1. The zero-order chi connectivity index (χ0) is 17.9. The van der Waals surface area contributed by atoms with E-state index >= 15 is 0 Å². The molecule has 1 unspecified atom stereocenters. The van der Waals surface area contributed by atoms with E-state index in [-0.39, 0.29) is 6.04 Å². The fourth-order valence-electron chi connectivity index (χ4n) is 3.00. The minimum Gasteiger partial charge on any atom is -0.397 e. The second-order valence-corrected chi connectivity index (χ2v) is 6.24. The van der Waals surface area contributed by atoms with Gasteiger partial charge in [-0.2, -0.15) is 0 Å². The number of hydrogen-bond donors (Lipinski definition) is 2. The van der Waals surface area contributed by atoms with Crippen LogP contribution in [-0.2, 0) is 0 Å². The first-order valence-corrected chi connectivity index (χ1v) is 8.48. The fourth-order valence-corrected chi connectivity index (χ4v) is 3.00. The number of nitrogens with two attached hydrogens (primary N) is 1. The molecule has 4 aromatic rings. The van der Waals surface area contributed by atoms with Crippen molar-refractivity contribution in [2.75, 3.05) is 11.1 Å². The first-order valence-electron chi connectivity index (χ1n) is 8.48. The van der Waals surface area contributed by atoms with Gasteiger partial charge in [0.2, 0.25) is 0 Å². The topological polar surface area (TPSA) is 76.7 Å². The van der Waals surface area contributed by atoms with E-state index in [1.54, 1.807) is 18.7 Å². The highest BCUT2D eigenvalue weighted by atomic mass is 15.0. The number of nitrogens with one attached hydrogen (secondary N) is 1. The molecule has 2 heterocycles. The zero-order valence-electron chi connectivity index (χ0n) is 14.4. The summed E-state index contributed by atoms with van der Waals surface area (Å²) in [5.41, 5.74) is 10.6. The van der Waals surface area contributed by atoms with Crippen molar-refractivity contribution in [1.29, 1.82) is 0 Å². The summed E-state index contributed by atoms with van der Waals surface area (Å²) in [6, 6.07) is 18.4. The van der Waals surface area contributed by atoms with Crippen LogP contribution in [0.25, 0.3) is 22.0 Å². The maximum Gasteiger partial charge on any atom is 0.137 e. The van der Waals surface area contributed by atoms with E-state index in [1.165, 1.54) is 5.56 Å². The van der Waals surface area contributed by atoms with Crippen molar-refractivity contribution in [3.63, 3.8) is 0 Å². The molecular formula is C21H19N5. The van der Waals surface area contributed by atoms with Crippen molar-refractivity contribution in [2.24, 2.45) is 0 Å². The Hall–Kier alpha value is -3.47. The molecule has 3 N–H and O–H groups in total. The largest absolute Gasteiger partial charge is 0.397 e. The Balaban J connectivity index is 1.74. The Labute approximate surface area is 152 Å². The summed E-state index contributed by atoms with van der Waals surface area (Å²) >= 11 is 0. The minimum atomic E-state index is 0.131. The Kier molecular flexibility index (Phi) is 4.19. The lowest BCUT2D eigenvalue weighted by Gasteiger charge is -2.16. The summed E-state index contributed by atoms with van der Waals surface area (Å²) in [6.45, 7) is 2.12. The molecule has 0 amide bonds. The second-order valence-electron chi connectivity index (χ2n) is 6.24. The highest BCUT2D eigenvalue weighted by molar-refractivity contribution is 5.92. The molecule has 0 aliphatic rings. The molecule has 0 saturated carbocycles. The van der Waals surface area contributed by atoms with Gasteiger partial charge in [0.15, 0.2) is 0 Å². The highest BCUT2D eigenvalue weighted by Gasteiger charge is 2.10. The van der Waals surface area contributed by atoms with E-state index in [2.05, 4.69) is 45.4 Å². The molecule has 26 heavy (non-hydrogen) atoms.